The molecule has 1 aromatic carbocycles. The van der Waals surface area contributed by atoms with Crippen molar-refractivity contribution in [1.29, 1.82) is 5.41 Å². The van der Waals surface area contributed by atoms with Crippen LogP contribution in [0.1, 0.15) is 28.8 Å². The molecule has 0 unspecified atom stereocenters. The van der Waals surface area contributed by atoms with E-state index in [-0.39, 0.29) is 0 Å². The molecular weight excluding hydrogens is 448 g/mol. The Balaban J connectivity index is 0.000000260. The van der Waals surface area contributed by atoms with Crippen molar-refractivity contribution in [2.75, 3.05) is 37.4 Å². The van der Waals surface area contributed by atoms with E-state index < -0.39 is 0 Å². The molecule has 3 heterocycles. The van der Waals surface area contributed by atoms with E-state index in [0.29, 0.717) is 35.2 Å². The first-order valence-electron chi connectivity index (χ1n) is 10.5. The SMILES string of the molecule is N=Cc1cc(Nc2ncnc3sc4c(c23)CCCC4)c(Cl)cc1N.O=CN1CCOCC1. The van der Waals surface area contributed by atoms with Crippen LogP contribution >= 0.6 is 22.9 Å². The molecule has 0 atom stereocenters. The van der Waals surface area contributed by atoms with Crippen molar-refractivity contribution >= 4 is 63.0 Å². The number of morpholine rings is 1. The van der Waals surface area contributed by atoms with Crippen LogP contribution in [0.15, 0.2) is 18.5 Å². The summed E-state index contributed by atoms with van der Waals surface area (Å²) in [4.78, 5) is 23.1. The van der Waals surface area contributed by atoms with Crippen LogP contribution < -0.4 is 11.1 Å². The number of ether oxygens (including phenoxy) is 1. The average molecular weight is 473 g/mol. The number of carbonyl (C=O) groups excluding carboxylic acids is 1. The summed E-state index contributed by atoms with van der Waals surface area (Å²) < 4.78 is 5.00. The summed E-state index contributed by atoms with van der Waals surface area (Å²) in [5, 5.41) is 12.4. The Bertz CT molecular complexity index is 1130. The minimum atomic E-state index is 0.487. The number of nitrogens with zero attached hydrogens (tertiary/aromatic N) is 3. The van der Waals surface area contributed by atoms with Crippen molar-refractivity contribution < 1.29 is 9.53 Å². The Hall–Kier alpha value is -2.75. The Morgan fingerprint density at radius 2 is 2.00 bits per heavy atom. The number of nitrogens with one attached hydrogen (secondary N) is 2. The number of nitrogens with two attached hydrogens (primary N) is 1. The quantitative estimate of drug-likeness (QED) is 0.300. The number of aromatic nitrogens is 2. The van der Waals surface area contributed by atoms with Gasteiger partial charge in [0.15, 0.2) is 0 Å². The van der Waals surface area contributed by atoms with Gasteiger partial charge in [-0.05, 0) is 43.4 Å². The molecule has 2 aromatic heterocycles. The summed E-state index contributed by atoms with van der Waals surface area (Å²) in [7, 11) is 0. The van der Waals surface area contributed by atoms with Crippen molar-refractivity contribution in [2.24, 2.45) is 0 Å². The normalized spacial score (nSPS) is 15.5. The summed E-state index contributed by atoms with van der Waals surface area (Å²) in [5.74, 6) is 0.766. The monoisotopic (exact) mass is 472 g/mol. The van der Waals surface area contributed by atoms with Gasteiger partial charge in [-0.3, -0.25) is 4.79 Å². The number of anilines is 3. The first-order chi connectivity index (χ1) is 15.6. The molecule has 2 aliphatic rings. The number of fused-ring (bicyclic) bond motifs is 3. The molecule has 8 nitrogen and oxygen atoms in total. The lowest BCUT2D eigenvalue weighted by Gasteiger charge is -2.21. The molecule has 1 saturated heterocycles. The molecule has 4 N–H and O–H groups in total. The fourth-order valence-electron chi connectivity index (χ4n) is 3.82. The summed E-state index contributed by atoms with van der Waals surface area (Å²) in [6, 6.07) is 3.43. The van der Waals surface area contributed by atoms with Gasteiger partial charge in [0.25, 0.3) is 0 Å². The number of aryl methyl sites for hydroxylation is 2. The summed E-state index contributed by atoms with van der Waals surface area (Å²) in [6.07, 6.45) is 8.29. The molecule has 168 valence electrons. The van der Waals surface area contributed by atoms with Gasteiger partial charge in [0.1, 0.15) is 17.0 Å². The second kappa shape index (κ2) is 10.2. The van der Waals surface area contributed by atoms with E-state index in [1.807, 2.05) is 0 Å². The van der Waals surface area contributed by atoms with Crippen LogP contribution in [0, 0.1) is 5.41 Å². The fraction of sp³-hybridized carbons (Fsp3) is 0.364. The average Bonchev–Trinajstić information content (AvgIpc) is 3.21. The second-order valence-electron chi connectivity index (χ2n) is 7.60. The van der Waals surface area contributed by atoms with Crippen molar-refractivity contribution in [2.45, 2.75) is 25.7 Å². The zero-order chi connectivity index (χ0) is 22.5. The third-order valence-corrected chi connectivity index (χ3v) is 7.04. The maximum absolute atomic E-state index is 10.0. The highest BCUT2D eigenvalue weighted by Crippen LogP contribution is 2.39. The van der Waals surface area contributed by atoms with E-state index >= 15 is 0 Å². The number of halogens is 1. The van der Waals surface area contributed by atoms with E-state index in [1.54, 1.807) is 34.7 Å². The van der Waals surface area contributed by atoms with Gasteiger partial charge >= 0.3 is 0 Å². The number of hydrogen-bond donors (Lipinski definition) is 3. The molecule has 5 rings (SSSR count). The third-order valence-electron chi connectivity index (χ3n) is 5.53. The molecule has 0 radical (unpaired) electrons. The predicted octanol–water partition coefficient (Wildman–Crippen LogP) is 4.02. The number of thiophene rings is 1. The second-order valence-corrected chi connectivity index (χ2v) is 9.09. The number of nitrogen functional groups attached to an aromatic ring is 1. The predicted molar refractivity (Wildman–Crippen MR) is 130 cm³/mol. The van der Waals surface area contributed by atoms with Gasteiger partial charge < -0.3 is 26.1 Å². The van der Waals surface area contributed by atoms with Gasteiger partial charge in [-0.2, -0.15) is 0 Å². The largest absolute Gasteiger partial charge is 0.398 e. The van der Waals surface area contributed by atoms with E-state index in [2.05, 4.69) is 15.3 Å². The molecule has 3 aromatic rings. The molecular formula is C22H25ClN6O2S. The van der Waals surface area contributed by atoms with Crippen LogP contribution in [0.3, 0.4) is 0 Å². The highest BCUT2D eigenvalue weighted by atomic mass is 35.5. The molecule has 1 amide bonds. The molecule has 1 aliphatic carbocycles. The maximum Gasteiger partial charge on any atom is 0.209 e. The lowest BCUT2D eigenvalue weighted by molar-refractivity contribution is -0.121. The van der Waals surface area contributed by atoms with E-state index in [0.717, 1.165) is 48.4 Å². The van der Waals surface area contributed by atoms with Gasteiger partial charge in [0.05, 0.1) is 29.3 Å². The van der Waals surface area contributed by atoms with E-state index in [9.17, 15) is 4.79 Å². The highest BCUT2D eigenvalue weighted by Gasteiger charge is 2.20. The molecule has 1 fully saturated rings. The molecule has 1 aliphatic heterocycles. The zero-order valence-electron chi connectivity index (χ0n) is 17.6. The fourth-order valence-corrected chi connectivity index (χ4v) is 5.27. The Morgan fingerprint density at radius 1 is 1.22 bits per heavy atom. The number of rotatable bonds is 4. The maximum atomic E-state index is 10.0. The van der Waals surface area contributed by atoms with Gasteiger partial charge in [0.2, 0.25) is 6.41 Å². The number of hydrogen-bond acceptors (Lipinski definition) is 8. The van der Waals surface area contributed by atoms with Gasteiger partial charge in [-0.1, -0.05) is 11.6 Å². The topological polar surface area (TPSA) is 117 Å². The lowest BCUT2D eigenvalue weighted by Crippen LogP contribution is -2.34. The molecule has 0 bridgehead atoms. The van der Waals surface area contributed by atoms with Crippen LogP contribution in [0.2, 0.25) is 5.02 Å². The van der Waals surface area contributed by atoms with E-state index in [1.165, 1.54) is 29.5 Å². The van der Waals surface area contributed by atoms with Crippen LogP contribution in [-0.2, 0) is 22.4 Å². The smallest absolute Gasteiger partial charge is 0.209 e. The van der Waals surface area contributed by atoms with Crippen molar-refractivity contribution in [3.63, 3.8) is 0 Å². The number of amides is 1. The third kappa shape index (κ3) is 4.85. The van der Waals surface area contributed by atoms with Crippen molar-refractivity contribution in [3.05, 3.63) is 39.5 Å². The number of benzene rings is 1. The first kappa shape index (κ1) is 22.4. The van der Waals surface area contributed by atoms with Crippen LogP contribution in [-0.4, -0.2) is 53.8 Å². The molecule has 0 saturated carbocycles. The summed E-state index contributed by atoms with van der Waals surface area (Å²) >= 11 is 8.08. The minimum absolute atomic E-state index is 0.487. The standard InChI is InChI=1S/C17H16ClN5S.C5H9NO2/c18-11-6-12(20)9(7-19)5-13(11)23-16-15-10-3-1-2-4-14(10)24-17(15)22-8-21-16;7-5-6-1-3-8-4-2-6/h5-8,19H,1-4,20H2,(H,21,22,23);5H,1-4H2. The Labute approximate surface area is 195 Å². The molecule has 10 heteroatoms. The van der Waals surface area contributed by atoms with Gasteiger partial charge in [-0.25, -0.2) is 9.97 Å². The summed E-state index contributed by atoms with van der Waals surface area (Å²) in [6.45, 7) is 2.89. The number of carbonyl (C=O) groups is 1. The first-order valence-corrected chi connectivity index (χ1v) is 11.7. The van der Waals surface area contributed by atoms with Crippen LogP contribution in [0.5, 0.6) is 0 Å². The lowest BCUT2D eigenvalue weighted by atomic mass is 9.97. The van der Waals surface area contributed by atoms with Crippen molar-refractivity contribution in [3.8, 4) is 0 Å². The van der Waals surface area contributed by atoms with E-state index in [4.69, 9.17) is 27.5 Å². The van der Waals surface area contributed by atoms with Crippen LogP contribution in [0.4, 0.5) is 17.2 Å². The van der Waals surface area contributed by atoms with Crippen LogP contribution in [0.25, 0.3) is 10.2 Å². The van der Waals surface area contributed by atoms with Gasteiger partial charge in [0, 0.05) is 35.4 Å². The minimum Gasteiger partial charge on any atom is -0.398 e. The summed E-state index contributed by atoms with van der Waals surface area (Å²) in [5.41, 5.74) is 9.04. The molecule has 32 heavy (non-hydrogen) atoms. The Kier molecular flexibility index (Phi) is 7.19. The zero-order valence-corrected chi connectivity index (χ0v) is 19.1. The van der Waals surface area contributed by atoms with Crippen molar-refractivity contribution in [1.82, 2.24) is 14.9 Å². The molecule has 0 spiro atoms. The Morgan fingerprint density at radius 3 is 2.72 bits per heavy atom. The highest BCUT2D eigenvalue weighted by molar-refractivity contribution is 7.19. The van der Waals surface area contributed by atoms with Gasteiger partial charge in [-0.15, -0.1) is 11.3 Å².